The predicted molar refractivity (Wildman–Crippen MR) is 86.5 cm³/mol. The Kier molecular flexibility index (Phi) is 5.28. The Bertz CT molecular complexity index is 339. The highest BCUT2D eigenvalue weighted by atomic mass is 16.8. The standard InChI is InChI=1S/C18H34O4/c1-11(2)13-17(5,6)9-19-15(21-13)16-20-10-18(7,8)14(22-16)12(3)4/h11-16H,9-10H2,1-8H3/t13-,14+,15+,16-. The molecule has 0 bridgehead atoms. The van der Waals surface area contributed by atoms with Gasteiger partial charge in [0, 0.05) is 10.8 Å². The fourth-order valence-electron chi connectivity index (χ4n) is 3.90. The number of hydrogen-bond donors (Lipinski definition) is 0. The fraction of sp³-hybridized carbons (Fsp3) is 1.00. The zero-order valence-electron chi connectivity index (χ0n) is 15.5. The molecule has 2 heterocycles. The number of rotatable bonds is 3. The van der Waals surface area contributed by atoms with E-state index >= 15 is 0 Å². The van der Waals surface area contributed by atoms with Gasteiger partial charge in [0.15, 0.2) is 0 Å². The third-order valence-electron chi connectivity index (χ3n) is 4.77. The first kappa shape index (κ1) is 18.2. The van der Waals surface area contributed by atoms with Crippen molar-refractivity contribution in [3.63, 3.8) is 0 Å². The Morgan fingerprint density at radius 1 is 0.682 bits per heavy atom. The maximum Gasteiger partial charge on any atom is 0.209 e. The highest BCUT2D eigenvalue weighted by Crippen LogP contribution is 2.40. The molecule has 2 fully saturated rings. The van der Waals surface area contributed by atoms with E-state index in [-0.39, 0.29) is 23.0 Å². The van der Waals surface area contributed by atoms with Crippen LogP contribution in [0.1, 0.15) is 55.4 Å². The van der Waals surface area contributed by atoms with E-state index in [9.17, 15) is 0 Å². The molecular formula is C18H34O4. The van der Waals surface area contributed by atoms with Gasteiger partial charge in [0.2, 0.25) is 12.6 Å². The van der Waals surface area contributed by atoms with Crippen LogP contribution in [0.15, 0.2) is 0 Å². The van der Waals surface area contributed by atoms with Gasteiger partial charge in [-0.2, -0.15) is 0 Å². The zero-order valence-corrected chi connectivity index (χ0v) is 15.5. The van der Waals surface area contributed by atoms with E-state index in [1.54, 1.807) is 0 Å². The van der Waals surface area contributed by atoms with Crippen LogP contribution in [0.25, 0.3) is 0 Å². The second-order valence-electron chi connectivity index (χ2n) is 8.94. The summed E-state index contributed by atoms with van der Waals surface area (Å²) >= 11 is 0. The summed E-state index contributed by atoms with van der Waals surface area (Å²) in [5, 5.41) is 0. The maximum absolute atomic E-state index is 6.23. The molecule has 0 unspecified atom stereocenters. The average Bonchev–Trinajstić information content (AvgIpc) is 2.37. The Morgan fingerprint density at radius 3 is 1.27 bits per heavy atom. The molecule has 0 N–H and O–H groups in total. The lowest BCUT2D eigenvalue weighted by Gasteiger charge is -2.49. The molecule has 4 atom stereocenters. The second kappa shape index (κ2) is 6.39. The number of ether oxygens (including phenoxy) is 4. The normalized spacial score (nSPS) is 38.5. The summed E-state index contributed by atoms with van der Waals surface area (Å²) in [5.41, 5.74) is 0.0199. The summed E-state index contributed by atoms with van der Waals surface area (Å²) in [6.07, 6.45) is -0.577. The molecule has 22 heavy (non-hydrogen) atoms. The lowest BCUT2D eigenvalue weighted by Crippen LogP contribution is -2.57. The topological polar surface area (TPSA) is 36.9 Å². The molecule has 0 radical (unpaired) electrons. The van der Waals surface area contributed by atoms with Crippen molar-refractivity contribution in [1.82, 2.24) is 0 Å². The largest absolute Gasteiger partial charge is 0.347 e. The van der Waals surface area contributed by atoms with Gasteiger partial charge in [0.05, 0.1) is 25.4 Å². The summed E-state index contributed by atoms with van der Waals surface area (Å²) < 4.78 is 24.3. The van der Waals surface area contributed by atoms with Crippen molar-refractivity contribution < 1.29 is 18.9 Å². The van der Waals surface area contributed by atoms with Crippen LogP contribution in [0, 0.1) is 22.7 Å². The number of hydrogen-bond acceptors (Lipinski definition) is 4. The van der Waals surface area contributed by atoms with Crippen molar-refractivity contribution in [3.8, 4) is 0 Å². The van der Waals surface area contributed by atoms with Gasteiger partial charge in [-0.1, -0.05) is 55.4 Å². The molecule has 0 aromatic rings. The van der Waals surface area contributed by atoms with Gasteiger partial charge >= 0.3 is 0 Å². The van der Waals surface area contributed by atoms with E-state index in [1.807, 2.05) is 0 Å². The Hall–Kier alpha value is -0.160. The van der Waals surface area contributed by atoms with E-state index in [0.717, 1.165) is 0 Å². The highest BCUT2D eigenvalue weighted by Gasteiger charge is 2.47. The monoisotopic (exact) mass is 314 g/mol. The minimum atomic E-state index is -0.433. The first-order valence-electron chi connectivity index (χ1n) is 8.59. The summed E-state index contributed by atoms with van der Waals surface area (Å²) in [4.78, 5) is 0. The van der Waals surface area contributed by atoms with Crippen molar-refractivity contribution in [2.24, 2.45) is 22.7 Å². The Morgan fingerprint density at radius 2 is 1.00 bits per heavy atom. The molecule has 0 aliphatic carbocycles. The molecular weight excluding hydrogens is 280 g/mol. The first-order valence-corrected chi connectivity index (χ1v) is 8.59. The smallest absolute Gasteiger partial charge is 0.209 e. The molecule has 130 valence electrons. The van der Waals surface area contributed by atoms with Crippen LogP contribution >= 0.6 is 0 Å². The van der Waals surface area contributed by atoms with Crippen LogP contribution in [-0.2, 0) is 18.9 Å². The van der Waals surface area contributed by atoms with Crippen LogP contribution in [0.4, 0.5) is 0 Å². The van der Waals surface area contributed by atoms with Gasteiger partial charge in [-0.3, -0.25) is 0 Å². The third-order valence-corrected chi connectivity index (χ3v) is 4.77. The summed E-state index contributed by atoms with van der Waals surface area (Å²) in [6.45, 7) is 18.9. The van der Waals surface area contributed by atoms with E-state index in [1.165, 1.54) is 0 Å². The predicted octanol–water partition coefficient (Wildman–Crippen LogP) is 3.83. The lowest BCUT2D eigenvalue weighted by molar-refractivity contribution is -0.381. The fourth-order valence-corrected chi connectivity index (χ4v) is 3.90. The van der Waals surface area contributed by atoms with Crippen molar-refractivity contribution in [2.45, 2.75) is 80.2 Å². The summed E-state index contributed by atoms with van der Waals surface area (Å²) in [5.74, 6) is 0.865. The molecule has 0 saturated carbocycles. The van der Waals surface area contributed by atoms with E-state index in [0.29, 0.717) is 25.0 Å². The zero-order chi connectivity index (χ0) is 16.7. The quantitative estimate of drug-likeness (QED) is 0.793. The molecule has 0 amide bonds. The molecule has 0 aromatic carbocycles. The molecule has 4 nitrogen and oxygen atoms in total. The van der Waals surface area contributed by atoms with Crippen molar-refractivity contribution in [2.75, 3.05) is 13.2 Å². The molecule has 2 aliphatic rings. The van der Waals surface area contributed by atoms with E-state index in [4.69, 9.17) is 18.9 Å². The van der Waals surface area contributed by atoms with Crippen LogP contribution in [0.2, 0.25) is 0 Å². The van der Waals surface area contributed by atoms with Gasteiger partial charge in [0.1, 0.15) is 0 Å². The van der Waals surface area contributed by atoms with Crippen LogP contribution in [-0.4, -0.2) is 38.0 Å². The molecule has 4 heteroatoms. The maximum atomic E-state index is 6.23. The van der Waals surface area contributed by atoms with Gasteiger partial charge in [0.25, 0.3) is 0 Å². The van der Waals surface area contributed by atoms with Crippen molar-refractivity contribution in [3.05, 3.63) is 0 Å². The molecule has 0 spiro atoms. The second-order valence-corrected chi connectivity index (χ2v) is 8.94. The van der Waals surface area contributed by atoms with Gasteiger partial charge in [-0.25, -0.2) is 0 Å². The Balaban J connectivity index is 2.06. The van der Waals surface area contributed by atoms with E-state index < -0.39 is 12.6 Å². The van der Waals surface area contributed by atoms with Gasteiger partial charge in [-0.15, -0.1) is 0 Å². The average molecular weight is 314 g/mol. The first-order chi connectivity index (χ1) is 10.0. The van der Waals surface area contributed by atoms with Crippen LogP contribution in [0.5, 0.6) is 0 Å². The third kappa shape index (κ3) is 3.66. The van der Waals surface area contributed by atoms with Crippen LogP contribution in [0.3, 0.4) is 0 Å². The Labute approximate surface area is 135 Å². The SMILES string of the molecule is CC(C)[C@H]1O[C@@H]([C@@H]2OCC(C)(C)[C@H](C(C)C)O2)OCC1(C)C. The van der Waals surface area contributed by atoms with Crippen molar-refractivity contribution in [1.29, 1.82) is 0 Å². The molecule has 2 rings (SSSR count). The molecule has 0 aromatic heterocycles. The molecule has 2 aliphatic heterocycles. The lowest BCUT2D eigenvalue weighted by atomic mass is 9.80. The van der Waals surface area contributed by atoms with Crippen LogP contribution < -0.4 is 0 Å². The molecule has 2 saturated heterocycles. The minimum Gasteiger partial charge on any atom is -0.347 e. The van der Waals surface area contributed by atoms with Gasteiger partial charge in [-0.05, 0) is 11.8 Å². The minimum absolute atomic E-state index is 0.00997. The summed E-state index contributed by atoms with van der Waals surface area (Å²) in [7, 11) is 0. The van der Waals surface area contributed by atoms with E-state index in [2.05, 4.69) is 55.4 Å². The highest BCUT2D eigenvalue weighted by molar-refractivity contribution is 4.88. The van der Waals surface area contributed by atoms with Gasteiger partial charge < -0.3 is 18.9 Å². The van der Waals surface area contributed by atoms with Crippen molar-refractivity contribution >= 4 is 0 Å². The summed E-state index contributed by atoms with van der Waals surface area (Å²) in [6, 6.07) is 0.